The molecule has 31 heavy (non-hydrogen) atoms. The Morgan fingerprint density at radius 1 is 0.935 bits per heavy atom. The lowest BCUT2D eigenvalue weighted by molar-refractivity contribution is -0.126. The summed E-state index contributed by atoms with van der Waals surface area (Å²) in [6.07, 6.45) is 10.1. The van der Waals surface area contributed by atoms with Gasteiger partial charge < -0.3 is 10.1 Å². The highest BCUT2D eigenvalue weighted by atomic mass is 32.2. The first-order chi connectivity index (χ1) is 15.0. The Labute approximate surface area is 183 Å². The van der Waals surface area contributed by atoms with Crippen molar-refractivity contribution in [3.05, 3.63) is 48.8 Å². The second-order valence-electron chi connectivity index (χ2n) is 8.30. The van der Waals surface area contributed by atoms with Gasteiger partial charge in [0, 0.05) is 37.4 Å². The lowest BCUT2D eigenvalue weighted by atomic mass is 9.88. The summed E-state index contributed by atoms with van der Waals surface area (Å²) < 4.78 is 33.5. The Morgan fingerprint density at radius 3 is 2.32 bits per heavy atom. The van der Waals surface area contributed by atoms with E-state index in [1.54, 1.807) is 48.8 Å². The molecule has 1 amide bonds. The van der Waals surface area contributed by atoms with Gasteiger partial charge in [-0.15, -0.1) is 0 Å². The molecule has 1 aromatic carbocycles. The SMILES string of the molecule is O=C(N[C@H]1CCCN(S(=O)(=O)c2ccc(Oc3ccncc3)cc2)C1)C1CCCCC1. The number of ether oxygens (including phenoxy) is 1. The predicted octanol–water partition coefficient (Wildman–Crippen LogP) is 3.72. The van der Waals surface area contributed by atoms with E-state index >= 15 is 0 Å². The van der Waals surface area contributed by atoms with Crippen LogP contribution in [0.25, 0.3) is 0 Å². The van der Waals surface area contributed by atoms with E-state index < -0.39 is 10.0 Å². The number of hydrogen-bond donors (Lipinski definition) is 1. The minimum Gasteiger partial charge on any atom is -0.457 e. The number of hydrogen-bond acceptors (Lipinski definition) is 5. The maximum Gasteiger partial charge on any atom is 0.243 e. The molecule has 1 aromatic heterocycles. The van der Waals surface area contributed by atoms with Crippen LogP contribution in [-0.4, -0.2) is 42.7 Å². The second kappa shape index (κ2) is 9.78. The van der Waals surface area contributed by atoms with E-state index in [2.05, 4.69) is 10.3 Å². The van der Waals surface area contributed by atoms with Crippen LogP contribution in [-0.2, 0) is 14.8 Å². The highest BCUT2D eigenvalue weighted by molar-refractivity contribution is 7.89. The van der Waals surface area contributed by atoms with Gasteiger partial charge in [-0.3, -0.25) is 9.78 Å². The van der Waals surface area contributed by atoms with Gasteiger partial charge in [-0.25, -0.2) is 8.42 Å². The minimum atomic E-state index is -3.63. The highest BCUT2D eigenvalue weighted by Crippen LogP contribution is 2.27. The number of aromatic nitrogens is 1. The summed E-state index contributed by atoms with van der Waals surface area (Å²) in [5, 5.41) is 3.11. The molecule has 1 aliphatic heterocycles. The third-order valence-corrected chi connectivity index (χ3v) is 7.93. The number of pyridine rings is 1. The van der Waals surface area contributed by atoms with Crippen LogP contribution in [0.15, 0.2) is 53.7 Å². The van der Waals surface area contributed by atoms with Gasteiger partial charge in [0.1, 0.15) is 11.5 Å². The Morgan fingerprint density at radius 2 is 1.61 bits per heavy atom. The Kier molecular flexibility index (Phi) is 6.87. The molecular formula is C23H29N3O4S. The highest BCUT2D eigenvalue weighted by Gasteiger charge is 2.32. The molecule has 0 radical (unpaired) electrons. The Hall–Kier alpha value is -2.45. The van der Waals surface area contributed by atoms with Crippen LogP contribution in [0.4, 0.5) is 0 Å². The van der Waals surface area contributed by atoms with Gasteiger partial charge in [0.2, 0.25) is 15.9 Å². The van der Waals surface area contributed by atoms with E-state index in [0.717, 1.165) is 38.5 Å². The fourth-order valence-corrected chi connectivity index (χ4v) is 5.86. The van der Waals surface area contributed by atoms with E-state index in [0.29, 0.717) is 24.6 Å². The molecule has 8 heteroatoms. The first-order valence-electron chi connectivity index (χ1n) is 11.0. The molecule has 2 fully saturated rings. The number of carbonyl (C=O) groups excluding carboxylic acids is 1. The zero-order chi connectivity index (χ0) is 21.7. The fraction of sp³-hybridized carbons (Fsp3) is 0.478. The van der Waals surface area contributed by atoms with Crippen molar-refractivity contribution in [3.63, 3.8) is 0 Å². The maximum atomic E-state index is 13.2. The number of nitrogens with one attached hydrogen (secondary N) is 1. The molecule has 1 saturated carbocycles. The Balaban J connectivity index is 1.38. The molecule has 1 atom stereocenters. The summed E-state index contributed by atoms with van der Waals surface area (Å²) in [6.45, 7) is 0.781. The number of piperidine rings is 1. The number of sulfonamides is 1. The van der Waals surface area contributed by atoms with Gasteiger partial charge in [-0.1, -0.05) is 19.3 Å². The lowest BCUT2D eigenvalue weighted by Crippen LogP contribution is -2.50. The second-order valence-corrected chi connectivity index (χ2v) is 10.2. The van der Waals surface area contributed by atoms with Crippen molar-refractivity contribution in [3.8, 4) is 11.5 Å². The maximum absolute atomic E-state index is 13.2. The van der Waals surface area contributed by atoms with Crippen molar-refractivity contribution >= 4 is 15.9 Å². The third kappa shape index (κ3) is 5.43. The van der Waals surface area contributed by atoms with E-state index in [1.807, 2.05) is 0 Å². The van der Waals surface area contributed by atoms with Gasteiger partial charge >= 0.3 is 0 Å². The number of carbonyl (C=O) groups is 1. The average molecular weight is 444 g/mol. The molecule has 7 nitrogen and oxygen atoms in total. The summed E-state index contributed by atoms with van der Waals surface area (Å²) in [5.41, 5.74) is 0. The van der Waals surface area contributed by atoms with Gasteiger partial charge in [0.05, 0.1) is 4.90 Å². The van der Waals surface area contributed by atoms with Crippen molar-refractivity contribution in [2.75, 3.05) is 13.1 Å². The Bertz CT molecular complexity index is 974. The monoisotopic (exact) mass is 443 g/mol. The normalized spacial score (nSPS) is 20.8. The largest absolute Gasteiger partial charge is 0.457 e. The minimum absolute atomic E-state index is 0.0775. The van der Waals surface area contributed by atoms with E-state index in [1.165, 1.54) is 10.7 Å². The molecule has 1 N–H and O–H groups in total. The third-order valence-electron chi connectivity index (χ3n) is 6.05. The summed E-state index contributed by atoms with van der Waals surface area (Å²) in [6, 6.07) is 9.78. The topological polar surface area (TPSA) is 88.6 Å². The molecule has 0 unspecified atom stereocenters. The average Bonchev–Trinajstić information content (AvgIpc) is 2.81. The summed E-state index contributed by atoms with van der Waals surface area (Å²) in [7, 11) is -3.63. The van der Waals surface area contributed by atoms with Crippen LogP contribution in [0.1, 0.15) is 44.9 Å². The summed E-state index contributed by atoms with van der Waals surface area (Å²) in [5.74, 6) is 1.36. The zero-order valence-electron chi connectivity index (χ0n) is 17.6. The summed E-state index contributed by atoms with van der Waals surface area (Å²) in [4.78, 5) is 16.8. The standard InChI is InChI=1S/C23H29N3O4S/c27-23(18-5-2-1-3-6-18)25-19-7-4-16-26(17-19)31(28,29)22-10-8-20(9-11-22)30-21-12-14-24-15-13-21/h8-15,18-19H,1-7,16-17H2,(H,25,27)/t19-/m0/s1. The first-order valence-corrected chi connectivity index (χ1v) is 12.4. The van der Waals surface area contributed by atoms with Crippen LogP contribution in [0.3, 0.4) is 0 Å². The van der Waals surface area contributed by atoms with Gasteiger partial charge in [0.25, 0.3) is 0 Å². The molecule has 1 aliphatic carbocycles. The van der Waals surface area contributed by atoms with E-state index in [9.17, 15) is 13.2 Å². The van der Waals surface area contributed by atoms with Gasteiger partial charge in [0.15, 0.2) is 0 Å². The first kappa shape index (κ1) is 21.8. The molecule has 1 saturated heterocycles. The quantitative estimate of drug-likeness (QED) is 0.735. The van der Waals surface area contributed by atoms with Crippen LogP contribution in [0.5, 0.6) is 11.5 Å². The number of nitrogens with zero attached hydrogens (tertiary/aromatic N) is 2. The van der Waals surface area contributed by atoms with Crippen molar-refractivity contribution in [2.24, 2.45) is 5.92 Å². The van der Waals surface area contributed by atoms with Gasteiger partial charge in [-0.2, -0.15) is 4.31 Å². The zero-order valence-corrected chi connectivity index (χ0v) is 18.4. The molecular weight excluding hydrogens is 414 g/mol. The molecule has 166 valence electrons. The number of benzene rings is 1. The fourth-order valence-electron chi connectivity index (χ4n) is 4.33. The number of rotatable bonds is 6. The lowest BCUT2D eigenvalue weighted by Gasteiger charge is -2.33. The predicted molar refractivity (Wildman–Crippen MR) is 117 cm³/mol. The molecule has 0 spiro atoms. The van der Waals surface area contributed by atoms with Crippen LogP contribution >= 0.6 is 0 Å². The van der Waals surface area contributed by atoms with Crippen molar-refractivity contribution < 1.29 is 17.9 Å². The van der Waals surface area contributed by atoms with Crippen molar-refractivity contribution in [2.45, 2.75) is 55.9 Å². The molecule has 2 aliphatic rings. The van der Waals surface area contributed by atoms with Crippen LogP contribution in [0, 0.1) is 5.92 Å². The van der Waals surface area contributed by atoms with Gasteiger partial charge in [-0.05, 0) is 62.1 Å². The number of amides is 1. The smallest absolute Gasteiger partial charge is 0.243 e. The van der Waals surface area contributed by atoms with E-state index in [-0.39, 0.29) is 22.8 Å². The molecule has 4 rings (SSSR count). The van der Waals surface area contributed by atoms with Crippen LogP contribution in [0.2, 0.25) is 0 Å². The van der Waals surface area contributed by atoms with Crippen molar-refractivity contribution in [1.29, 1.82) is 0 Å². The summed E-state index contributed by atoms with van der Waals surface area (Å²) >= 11 is 0. The molecule has 2 heterocycles. The molecule has 0 bridgehead atoms. The van der Waals surface area contributed by atoms with E-state index in [4.69, 9.17) is 4.74 Å². The van der Waals surface area contributed by atoms with Crippen molar-refractivity contribution in [1.82, 2.24) is 14.6 Å². The molecule has 2 aromatic rings. The van der Waals surface area contributed by atoms with Crippen LogP contribution < -0.4 is 10.1 Å².